The number of primary amides is 1. The average molecular weight is 520 g/mol. The Morgan fingerprint density at radius 1 is 1.03 bits per heavy atom. The first-order valence-corrected chi connectivity index (χ1v) is 13.3. The Labute approximate surface area is 195 Å². The third kappa shape index (κ3) is 5.59. The molecule has 1 atom stereocenters. The molecular weight excluding hydrogens is 495 g/mol. The molecule has 8 nitrogen and oxygen atoms in total. The van der Waals surface area contributed by atoms with Gasteiger partial charge in [0.15, 0.2) is 0 Å². The Morgan fingerprint density at radius 2 is 1.62 bits per heavy atom. The highest BCUT2D eigenvalue weighted by molar-refractivity contribution is 7.91. The predicted octanol–water partition coefficient (Wildman–Crippen LogP) is 2.15. The topological polar surface area (TPSA) is 127 Å². The quantitative estimate of drug-likeness (QED) is 0.577. The van der Waals surface area contributed by atoms with Crippen LogP contribution in [0, 0.1) is 0 Å². The van der Waals surface area contributed by atoms with E-state index < -0.39 is 59.4 Å². The molecular formula is C21H24F3N3O5S2. The molecule has 0 bridgehead atoms. The molecule has 3 N–H and O–H groups in total. The van der Waals surface area contributed by atoms with Crippen molar-refractivity contribution in [3.8, 4) is 0 Å². The van der Waals surface area contributed by atoms with Crippen LogP contribution in [0.1, 0.15) is 25.3 Å². The van der Waals surface area contributed by atoms with Crippen molar-refractivity contribution >= 4 is 25.8 Å². The lowest BCUT2D eigenvalue weighted by Gasteiger charge is -2.34. The fourth-order valence-corrected chi connectivity index (χ4v) is 6.67. The van der Waals surface area contributed by atoms with Crippen LogP contribution in [-0.2, 0) is 30.8 Å². The lowest BCUT2D eigenvalue weighted by atomic mass is 10.0. The van der Waals surface area contributed by atoms with Gasteiger partial charge in [-0.1, -0.05) is 18.2 Å². The number of alkyl halides is 3. The van der Waals surface area contributed by atoms with Gasteiger partial charge < -0.3 is 5.73 Å². The number of hydrogen-bond donors (Lipinski definition) is 2. The number of sulfonamides is 1. The number of halogens is 3. The molecule has 3 rings (SSSR count). The first kappa shape index (κ1) is 26.1. The Balaban J connectivity index is 1.94. The second kappa shape index (κ2) is 9.64. The van der Waals surface area contributed by atoms with E-state index in [9.17, 15) is 34.8 Å². The number of sulfone groups is 1. The monoisotopic (exact) mass is 519 g/mol. The smallest absolute Gasteiger partial charge is 0.368 e. The highest BCUT2D eigenvalue weighted by atomic mass is 32.2. The zero-order chi connectivity index (χ0) is 25.3. The SMILES string of the molecule is C[C@@H](C(N)=O)N1CCC(NS(=O)(=O)c2cc(S(=O)(=O)c3ccccc3)ccc2C(F)(F)F)CC1. The maximum atomic E-state index is 13.6. The molecule has 0 spiro atoms. The van der Waals surface area contributed by atoms with Gasteiger partial charge in [0.2, 0.25) is 25.8 Å². The van der Waals surface area contributed by atoms with Crippen molar-refractivity contribution in [3.05, 3.63) is 54.1 Å². The number of hydrogen-bond acceptors (Lipinski definition) is 6. The van der Waals surface area contributed by atoms with Crippen LogP contribution in [0.5, 0.6) is 0 Å². The van der Waals surface area contributed by atoms with Gasteiger partial charge in [0.1, 0.15) is 0 Å². The Kier molecular flexibility index (Phi) is 7.41. The Hall–Kier alpha value is -2.48. The van der Waals surface area contributed by atoms with Gasteiger partial charge in [0.25, 0.3) is 0 Å². The maximum Gasteiger partial charge on any atom is 0.417 e. The summed E-state index contributed by atoms with van der Waals surface area (Å²) in [4.78, 5) is 11.2. The molecule has 0 radical (unpaired) electrons. The standard InChI is InChI=1S/C21H24F3N3O5S2/c1-14(20(25)28)27-11-9-15(10-12-27)26-34(31,32)19-13-17(7-8-18(19)21(22,23)24)33(29,30)16-5-3-2-4-6-16/h2-8,13-15,26H,9-12H2,1H3,(H2,25,28)/t14-/m0/s1. The number of nitrogens with one attached hydrogen (secondary N) is 1. The molecule has 186 valence electrons. The maximum absolute atomic E-state index is 13.6. The minimum Gasteiger partial charge on any atom is -0.368 e. The summed E-state index contributed by atoms with van der Waals surface area (Å²) in [7, 11) is -8.99. The fourth-order valence-electron chi connectivity index (χ4n) is 3.73. The van der Waals surface area contributed by atoms with Gasteiger partial charge in [-0.2, -0.15) is 13.2 Å². The van der Waals surface area contributed by atoms with Crippen molar-refractivity contribution < 1.29 is 34.8 Å². The summed E-state index contributed by atoms with van der Waals surface area (Å²) in [5.74, 6) is -0.537. The third-order valence-electron chi connectivity index (χ3n) is 5.72. The van der Waals surface area contributed by atoms with Crippen molar-refractivity contribution in [2.24, 2.45) is 5.73 Å². The molecule has 1 aliphatic heterocycles. The number of nitrogens with zero attached hydrogens (tertiary/aromatic N) is 1. The van der Waals surface area contributed by atoms with Crippen LogP contribution in [0.3, 0.4) is 0 Å². The fraction of sp³-hybridized carbons (Fsp3) is 0.381. The van der Waals surface area contributed by atoms with Gasteiger partial charge in [0.05, 0.1) is 26.3 Å². The first-order valence-electron chi connectivity index (χ1n) is 10.3. The highest BCUT2D eigenvalue weighted by Crippen LogP contribution is 2.36. The van der Waals surface area contributed by atoms with Gasteiger partial charge in [0, 0.05) is 19.1 Å². The van der Waals surface area contributed by atoms with E-state index in [1.807, 2.05) is 0 Å². The summed E-state index contributed by atoms with van der Waals surface area (Å²) < 4.78 is 94.9. The van der Waals surface area contributed by atoms with E-state index in [0.717, 1.165) is 6.07 Å². The average Bonchev–Trinajstić information content (AvgIpc) is 2.78. The van der Waals surface area contributed by atoms with E-state index in [0.29, 0.717) is 25.2 Å². The normalized spacial score (nSPS) is 17.4. The summed E-state index contributed by atoms with van der Waals surface area (Å²) in [6, 6.07) is 7.48. The lowest BCUT2D eigenvalue weighted by Crippen LogP contribution is -2.50. The first-order chi connectivity index (χ1) is 15.7. The molecule has 34 heavy (non-hydrogen) atoms. The summed E-state index contributed by atoms with van der Waals surface area (Å²) in [5.41, 5.74) is 3.81. The molecule has 0 aliphatic carbocycles. The molecule has 1 heterocycles. The number of nitrogens with two attached hydrogens (primary N) is 1. The molecule has 13 heteroatoms. The predicted molar refractivity (Wildman–Crippen MR) is 117 cm³/mol. The molecule has 0 unspecified atom stereocenters. The number of carbonyl (C=O) groups is 1. The summed E-state index contributed by atoms with van der Waals surface area (Å²) >= 11 is 0. The molecule has 0 aromatic heterocycles. The Morgan fingerprint density at radius 3 is 2.15 bits per heavy atom. The zero-order valence-corrected chi connectivity index (χ0v) is 19.8. The second-order valence-corrected chi connectivity index (χ2v) is 11.6. The number of amides is 1. The number of piperidine rings is 1. The molecule has 1 saturated heterocycles. The molecule has 1 fully saturated rings. The Bertz CT molecular complexity index is 1260. The molecule has 0 saturated carbocycles. The van der Waals surface area contributed by atoms with Gasteiger partial charge in [-0.25, -0.2) is 21.6 Å². The van der Waals surface area contributed by atoms with E-state index in [1.165, 1.54) is 24.3 Å². The van der Waals surface area contributed by atoms with E-state index in [4.69, 9.17) is 5.73 Å². The number of likely N-dealkylation sites (tertiary alicyclic amines) is 1. The number of carbonyl (C=O) groups excluding carboxylic acids is 1. The van der Waals surface area contributed by atoms with Crippen LogP contribution in [-0.4, -0.2) is 52.8 Å². The van der Waals surface area contributed by atoms with Gasteiger partial charge in [-0.3, -0.25) is 9.69 Å². The van der Waals surface area contributed by atoms with Crippen LogP contribution in [0.25, 0.3) is 0 Å². The third-order valence-corrected chi connectivity index (χ3v) is 9.05. The van der Waals surface area contributed by atoms with Crippen molar-refractivity contribution in [1.29, 1.82) is 0 Å². The lowest BCUT2D eigenvalue weighted by molar-refractivity contribution is -0.140. The molecule has 1 amide bonds. The summed E-state index contributed by atoms with van der Waals surface area (Å²) in [5, 5.41) is 0. The highest BCUT2D eigenvalue weighted by Gasteiger charge is 2.39. The minimum absolute atomic E-state index is 0.179. The van der Waals surface area contributed by atoms with Crippen LogP contribution < -0.4 is 10.5 Å². The van der Waals surface area contributed by atoms with Crippen LogP contribution in [0.2, 0.25) is 0 Å². The molecule has 2 aromatic rings. The largest absolute Gasteiger partial charge is 0.417 e. The van der Waals surface area contributed by atoms with Crippen LogP contribution in [0.15, 0.2) is 63.2 Å². The second-order valence-electron chi connectivity index (χ2n) is 7.98. The van der Waals surface area contributed by atoms with Crippen molar-refractivity contribution in [2.75, 3.05) is 13.1 Å². The summed E-state index contributed by atoms with van der Waals surface area (Å²) in [6.45, 7) is 2.23. The van der Waals surface area contributed by atoms with E-state index in [1.54, 1.807) is 17.9 Å². The number of rotatable bonds is 7. The van der Waals surface area contributed by atoms with Gasteiger partial charge in [-0.15, -0.1) is 0 Å². The number of benzene rings is 2. The minimum atomic E-state index is -5.03. The van der Waals surface area contributed by atoms with E-state index >= 15 is 0 Å². The van der Waals surface area contributed by atoms with E-state index in [2.05, 4.69) is 4.72 Å². The zero-order valence-electron chi connectivity index (χ0n) is 18.1. The van der Waals surface area contributed by atoms with Crippen molar-refractivity contribution in [3.63, 3.8) is 0 Å². The van der Waals surface area contributed by atoms with Crippen LogP contribution in [0.4, 0.5) is 13.2 Å². The van der Waals surface area contributed by atoms with E-state index in [-0.39, 0.29) is 17.7 Å². The molecule has 2 aromatic carbocycles. The summed E-state index contributed by atoms with van der Waals surface area (Å²) in [6.07, 6.45) is -4.56. The van der Waals surface area contributed by atoms with Crippen LogP contribution >= 0.6 is 0 Å². The molecule has 1 aliphatic rings. The van der Waals surface area contributed by atoms with Gasteiger partial charge >= 0.3 is 6.18 Å². The van der Waals surface area contributed by atoms with Crippen molar-refractivity contribution in [2.45, 2.75) is 52.7 Å². The van der Waals surface area contributed by atoms with Crippen molar-refractivity contribution in [1.82, 2.24) is 9.62 Å². The van der Waals surface area contributed by atoms with Gasteiger partial charge in [-0.05, 0) is 50.1 Å².